The van der Waals surface area contributed by atoms with Crippen LogP contribution < -0.4 is 10.5 Å². The van der Waals surface area contributed by atoms with Gasteiger partial charge in [0, 0.05) is 37.6 Å². The van der Waals surface area contributed by atoms with Crippen molar-refractivity contribution in [1.82, 2.24) is 14.3 Å². The molecule has 2 aromatic rings. The fourth-order valence-corrected chi connectivity index (χ4v) is 3.57. The van der Waals surface area contributed by atoms with E-state index in [1.165, 1.54) is 0 Å². The lowest BCUT2D eigenvalue weighted by Gasteiger charge is -2.08. The molecule has 2 rings (SSSR count). The minimum absolute atomic E-state index is 0.126. The maximum atomic E-state index is 12.3. The summed E-state index contributed by atoms with van der Waals surface area (Å²) in [4.78, 5) is 4.05. The molecule has 0 unspecified atom stereocenters. The highest BCUT2D eigenvalue weighted by Gasteiger charge is 2.25. The molecule has 110 valence electrons. The molecular weight excluding hydrogens is 280 g/mol. The van der Waals surface area contributed by atoms with Gasteiger partial charge in [0.15, 0.2) is 0 Å². The molecule has 0 aliphatic rings. The highest BCUT2D eigenvalue weighted by atomic mass is 32.2. The maximum Gasteiger partial charge on any atom is 0.244 e. The van der Waals surface area contributed by atoms with E-state index in [1.807, 2.05) is 0 Å². The monoisotopic (exact) mass is 298 g/mol. The topological polar surface area (TPSA) is 103 Å². The normalized spacial score (nSPS) is 11.9. The van der Waals surface area contributed by atoms with E-state index < -0.39 is 10.0 Å². The number of furan rings is 1. The summed E-state index contributed by atoms with van der Waals surface area (Å²) in [7, 11) is -3.62. The number of nitrogens with one attached hydrogen (secondary N) is 1. The molecule has 0 atom stereocenters. The molecule has 0 amide bonds. The fraction of sp³-hybridized carbons (Fsp3) is 0.417. The SMILES string of the molecule is Cc1oc(C)c(S(=O)(=O)NCCn2ccnc2)c1CN. The van der Waals surface area contributed by atoms with Gasteiger partial charge < -0.3 is 14.7 Å². The molecule has 20 heavy (non-hydrogen) atoms. The van der Waals surface area contributed by atoms with Crippen LogP contribution in [0.15, 0.2) is 28.0 Å². The van der Waals surface area contributed by atoms with Crippen LogP contribution in [-0.4, -0.2) is 24.5 Å². The third-order valence-corrected chi connectivity index (χ3v) is 4.67. The van der Waals surface area contributed by atoms with E-state index in [2.05, 4.69) is 9.71 Å². The van der Waals surface area contributed by atoms with Crippen LogP contribution in [0.4, 0.5) is 0 Å². The minimum atomic E-state index is -3.62. The molecule has 8 heteroatoms. The summed E-state index contributed by atoms with van der Waals surface area (Å²) in [6, 6.07) is 0. The number of imidazole rings is 1. The summed E-state index contributed by atoms with van der Waals surface area (Å²) >= 11 is 0. The summed E-state index contributed by atoms with van der Waals surface area (Å²) in [5, 5.41) is 0. The molecule has 0 saturated carbocycles. The van der Waals surface area contributed by atoms with Gasteiger partial charge in [-0.2, -0.15) is 0 Å². The van der Waals surface area contributed by atoms with Gasteiger partial charge in [-0.1, -0.05) is 0 Å². The number of aromatic nitrogens is 2. The predicted octanol–water partition coefficient (Wildman–Crippen LogP) is 0.530. The van der Waals surface area contributed by atoms with Gasteiger partial charge in [-0.05, 0) is 13.8 Å². The van der Waals surface area contributed by atoms with E-state index in [9.17, 15) is 8.42 Å². The second-order valence-corrected chi connectivity index (χ2v) is 6.13. The molecule has 0 fully saturated rings. The zero-order valence-electron chi connectivity index (χ0n) is 11.5. The van der Waals surface area contributed by atoms with Crippen molar-refractivity contribution in [2.45, 2.75) is 31.8 Å². The van der Waals surface area contributed by atoms with E-state index in [4.69, 9.17) is 10.2 Å². The van der Waals surface area contributed by atoms with Crippen LogP contribution in [0.25, 0.3) is 0 Å². The first kappa shape index (κ1) is 14.8. The number of hydrogen-bond acceptors (Lipinski definition) is 5. The van der Waals surface area contributed by atoms with Gasteiger partial charge in [0.05, 0.1) is 6.33 Å². The molecule has 0 aliphatic carbocycles. The van der Waals surface area contributed by atoms with Gasteiger partial charge >= 0.3 is 0 Å². The number of sulfonamides is 1. The average molecular weight is 298 g/mol. The third-order valence-electron chi connectivity index (χ3n) is 3.02. The summed E-state index contributed by atoms with van der Waals surface area (Å²) in [5.41, 5.74) is 6.13. The van der Waals surface area contributed by atoms with E-state index in [0.717, 1.165) is 0 Å². The van der Waals surface area contributed by atoms with E-state index in [0.29, 0.717) is 23.6 Å². The summed E-state index contributed by atoms with van der Waals surface area (Å²) in [6.45, 7) is 4.23. The quantitative estimate of drug-likeness (QED) is 0.809. The van der Waals surface area contributed by atoms with Crippen molar-refractivity contribution in [2.75, 3.05) is 6.54 Å². The first-order valence-electron chi connectivity index (χ1n) is 6.20. The highest BCUT2D eigenvalue weighted by molar-refractivity contribution is 7.89. The van der Waals surface area contributed by atoms with Crippen molar-refractivity contribution in [3.8, 4) is 0 Å². The molecule has 0 aliphatic heterocycles. The van der Waals surface area contributed by atoms with Crippen LogP contribution >= 0.6 is 0 Å². The van der Waals surface area contributed by atoms with Crippen molar-refractivity contribution >= 4 is 10.0 Å². The minimum Gasteiger partial charge on any atom is -0.465 e. The molecule has 0 radical (unpaired) electrons. The Morgan fingerprint density at radius 3 is 2.75 bits per heavy atom. The van der Waals surface area contributed by atoms with Crippen LogP contribution in [0.1, 0.15) is 17.1 Å². The molecule has 2 aromatic heterocycles. The Morgan fingerprint density at radius 2 is 2.15 bits per heavy atom. The van der Waals surface area contributed by atoms with Gasteiger partial charge in [0.2, 0.25) is 10.0 Å². The molecule has 2 heterocycles. The van der Waals surface area contributed by atoms with Crippen LogP contribution in [0.3, 0.4) is 0 Å². The highest BCUT2D eigenvalue weighted by Crippen LogP contribution is 2.25. The lowest BCUT2D eigenvalue weighted by atomic mass is 10.2. The van der Waals surface area contributed by atoms with Crippen LogP contribution in [0, 0.1) is 13.8 Å². The fourth-order valence-electron chi connectivity index (χ4n) is 2.10. The Kier molecular flexibility index (Phi) is 4.26. The molecule has 0 spiro atoms. The van der Waals surface area contributed by atoms with Crippen molar-refractivity contribution < 1.29 is 12.8 Å². The molecule has 0 aromatic carbocycles. The molecule has 7 nitrogen and oxygen atoms in total. The molecule has 0 saturated heterocycles. The first-order chi connectivity index (χ1) is 9.45. The summed E-state index contributed by atoms with van der Waals surface area (Å²) < 4.78 is 34.3. The summed E-state index contributed by atoms with van der Waals surface area (Å²) in [6.07, 6.45) is 5.05. The zero-order valence-corrected chi connectivity index (χ0v) is 12.3. The molecule has 3 N–H and O–H groups in total. The van der Waals surface area contributed by atoms with Crippen LogP contribution in [0.2, 0.25) is 0 Å². The summed E-state index contributed by atoms with van der Waals surface area (Å²) in [5.74, 6) is 0.901. The number of hydrogen-bond donors (Lipinski definition) is 2. The lowest BCUT2D eigenvalue weighted by molar-refractivity contribution is 0.493. The zero-order chi connectivity index (χ0) is 14.8. The van der Waals surface area contributed by atoms with Gasteiger partial charge in [-0.25, -0.2) is 18.1 Å². The molecule has 0 bridgehead atoms. The van der Waals surface area contributed by atoms with Crippen LogP contribution in [0.5, 0.6) is 0 Å². The lowest BCUT2D eigenvalue weighted by Crippen LogP contribution is -2.28. The smallest absolute Gasteiger partial charge is 0.244 e. The van der Waals surface area contributed by atoms with Crippen molar-refractivity contribution in [1.29, 1.82) is 0 Å². The van der Waals surface area contributed by atoms with E-state index >= 15 is 0 Å². The molecular formula is C12H18N4O3S. The van der Waals surface area contributed by atoms with Gasteiger partial charge in [0.25, 0.3) is 0 Å². The largest absolute Gasteiger partial charge is 0.465 e. The van der Waals surface area contributed by atoms with Crippen LogP contribution in [-0.2, 0) is 23.1 Å². The number of aryl methyl sites for hydroxylation is 2. The number of nitrogens with two attached hydrogens (primary N) is 1. The Hall–Kier alpha value is -1.64. The Balaban J connectivity index is 2.14. The van der Waals surface area contributed by atoms with Crippen molar-refractivity contribution in [3.63, 3.8) is 0 Å². The maximum absolute atomic E-state index is 12.3. The van der Waals surface area contributed by atoms with Gasteiger partial charge in [-0.15, -0.1) is 0 Å². The standard InChI is InChI=1S/C12H18N4O3S/c1-9-11(7-13)12(10(2)19-9)20(17,18)15-4-6-16-5-3-14-8-16/h3,5,8,15H,4,6-7,13H2,1-2H3. The average Bonchev–Trinajstić information content (AvgIpc) is 2.96. The van der Waals surface area contributed by atoms with Gasteiger partial charge in [-0.3, -0.25) is 0 Å². The Morgan fingerprint density at radius 1 is 1.40 bits per heavy atom. The van der Waals surface area contributed by atoms with Crippen molar-refractivity contribution in [2.24, 2.45) is 5.73 Å². The number of nitrogens with zero attached hydrogens (tertiary/aromatic N) is 2. The predicted molar refractivity (Wildman–Crippen MR) is 73.5 cm³/mol. The van der Waals surface area contributed by atoms with E-state index in [-0.39, 0.29) is 18.0 Å². The van der Waals surface area contributed by atoms with Crippen molar-refractivity contribution in [3.05, 3.63) is 35.8 Å². The second kappa shape index (κ2) is 5.78. The number of rotatable bonds is 6. The Bertz CT molecular complexity index is 674. The van der Waals surface area contributed by atoms with Gasteiger partial charge in [0.1, 0.15) is 16.4 Å². The second-order valence-electron chi connectivity index (χ2n) is 4.42. The van der Waals surface area contributed by atoms with E-state index in [1.54, 1.807) is 37.1 Å². The first-order valence-corrected chi connectivity index (χ1v) is 7.68. The Labute approximate surface area is 117 Å². The third kappa shape index (κ3) is 2.92.